The maximum absolute atomic E-state index is 12.6. The molecule has 1 aliphatic heterocycles. The van der Waals surface area contributed by atoms with Gasteiger partial charge in [0, 0.05) is 30.9 Å². The minimum atomic E-state index is -0.605. The Balaban J connectivity index is 1.36. The van der Waals surface area contributed by atoms with Crippen LogP contribution in [0.25, 0.3) is 16.8 Å². The topological polar surface area (TPSA) is 114 Å². The lowest BCUT2D eigenvalue weighted by Gasteiger charge is -2.33. The van der Waals surface area contributed by atoms with Crippen molar-refractivity contribution in [1.82, 2.24) is 29.8 Å². The van der Waals surface area contributed by atoms with Crippen molar-refractivity contribution in [3.05, 3.63) is 43.0 Å². The van der Waals surface area contributed by atoms with Gasteiger partial charge in [-0.25, -0.2) is 14.3 Å². The third-order valence-electron chi connectivity index (χ3n) is 5.25. The molecular formula is C23H29N7O3. The van der Waals surface area contributed by atoms with Crippen LogP contribution in [0.4, 0.5) is 10.6 Å². The molecule has 4 heterocycles. The fourth-order valence-corrected chi connectivity index (χ4v) is 3.80. The van der Waals surface area contributed by atoms with E-state index in [9.17, 15) is 9.59 Å². The number of aromatic nitrogens is 4. The van der Waals surface area contributed by atoms with Crippen LogP contribution >= 0.6 is 0 Å². The van der Waals surface area contributed by atoms with Crippen LogP contribution in [0.15, 0.2) is 43.0 Å². The molecular weight excluding hydrogens is 422 g/mol. The maximum Gasteiger partial charge on any atom is 0.408 e. The van der Waals surface area contributed by atoms with Gasteiger partial charge in [0.25, 0.3) is 0 Å². The van der Waals surface area contributed by atoms with Crippen molar-refractivity contribution in [1.29, 1.82) is 0 Å². The molecule has 0 radical (unpaired) electrons. The number of piperidine rings is 1. The van der Waals surface area contributed by atoms with Crippen LogP contribution in [-0.2, 0) is 9.53 Å². The van der Waals surface area contributed by atoms with Crippen LogP contribution in [0.3, 0.4) is 0 Å². The van der Waals surface area contributed by atoms with E-state index in [4.69, 9.17) is 9.72 Å². The van der Waals surface area contributed by atoms with Gasteiger partial charge in [-0.1, -0.05) is 6.07 Å². The number of rotatable bonds is 5. The fourth-order valence-electron chi connectivity index (χ4n) is 3.80. The van der Waals surface area contributed by atoms with Crippen LogP contribution in [0.5, 0.6) is 0 Å². The molecule has 0 spiro atoms. The molecule has 1 fully saturated rings. The lowest BCUT2D eigenvalue weighted by atomic mass is 10.1. The second-order valence-corrected chi connectivity index (χ2v) is 9.06. The number of fused-ring (bicyclic) bond motifs is 1. The summed E-state index contributed by atoms with van der Waals surface area (Å²) in [5.41, 5.74) is 1.98. The number of nitrogens with zero attached hydrogens (tertiary/aromatic N) is 5. The van der Waals surface area contributed by atoms with Gasteiger partial charge in [-0.15, -0.1) is 0 Å². The van der Waals surface area contributed by atoms with Crippen LogP contribution < -0.4 is 10.6 Å². The van der Waals surface area contributed by atoms with Crippen molar-refractivity contribution in [2.75, 3.05) is 25.0 Å². The Bertz CT molecular complexity index is 1140. The quantitative estimate of drug-likeness (QED) is 0.613. The molecule has 10 nitrogen and oxygen atoms in total. The zero-order valence-corrected chi connectivity index (χ0v) is 19.1. The molecule has 3 aromatic heterocycles. The highest BCUT2D eigenvalue weighted by atomic mass is 16.6. The summed E-state index contributed by atoms with van der Waals surface area (Å²) >= 11 is 0. The standard InChI is InChI=1S/C23H29N7O3/c1-23(2,3)33-22(32)25-14-21(31)29-9-6-7-16(15-29)27-20-13-24-12-18(28-20)17-11-26-30-10-5-4-8-19(17)30/h4-5,8,10-13,16H,6-7,9,14-15H2,1-3H3,(H,25,32)(H,27,28)/t16-/m1/s1. The van der Waals surface area contributed by atoms with Gasteiger partial charge in [0.1, 0.15) is 18.0 Å². The Hall–Kier alpha value is -3.69. The van der Waals surface area contributed by atoms with Crippen molar-refractivity contribution in [3.63, 3.8) is 0 Å². The lowest BCUT2D eigenvalue weighted by molar-refractivity contribution is -0.131. The van der Waals surface area contributed by atoms with Gasteiger partial charge in [0.05, 0.1) is 29.8 Å². The fraction of sp³-hybridized carbons (Fsp3) is 0.435. The van der Waals surface area contributed by atoms with E-state index >= 15 is 0 Å². The van der Waals surface area contributed by atoms with Gasteiger partial charge < -0.3 is 20.3 Å². The highest BCUT2D eigenvalue weighted by molar-refractivity contribution is 5.82. The van der Waals surface area contributed by atoms with E-state index < -0.39 is 11.7 Å². The second-order valence-electron chi connectivity index (χ2n) is 9.06. The largest absolute Gasteiger partial charge is 0.444 e. The number of ether oxygens (including phenoxy) is 1. The van der Waals surface area contributed by atoms with Crippen molar-refractivity contribution in [2.45, 2.75) is 45.3 Å². The van der Waals surface area contributed by atoms with Crippen LogP contribution in [-0.4, -0.2) is 67.8 Å². The summed E-state index contributed by atoms with van der Waals surface area (Å²) in [7, 11) is 0. The Morgan fingerprint density at radius 2 is 2.06 bits per heavy atom. The van der Waals surface area contributed by atoms with E-state index in [0.29, 0.717) is 18.9 Å². The molecule has 33 heavy (non-hydrogen) atoms. The van der Waals surface area contributed by atoms with E-state index in [1.807, 2.05) is 24.4 Å². The third-order valence-corrected chi connectivity index (χ3v) is 5.25. The molecule has 0 aliphatic carbocycles. The highest BCUT2D eigenvalue weighted by Gasteiger charge is 2.25. The number of amides is 2. The minimum Gasteiger partial charge on any atom is -0.444 e. The molecule has 0 unspecified atom stereocenters. The van der Waals surface area contributed by atoms with E-state index in [-0.39, 0.29) is 18.5 Å². The lowest BCUT2D eigenvalue weighted by Crippen LogP contribution is -2.49. The number of anilines is 1. The number of alkyl carbamates (subject to hydrolysis) is 1. The van der Waals surface area contributed by atoms with E-state index in [1.165, 1.54) is 0 Å². The van der Waals surface area contributed by atoms with Gasteiger partial charge >= 0.3 is 6.09 Å². The number of pyridine rings is 1. The predicted octanol–water partition coefficient (Wildman–Crippen LogP) is 2.72. The smallest absolute Gasteiger partial charge is 0.408 e. The summed E-state index contributed by atoms with van der Waals surface area (Å²) < 4.78 is 6.99. The first-order valence-corrected chi connectivity index (χ1v) is 11.0. The molecule has 2 N–H and O–H groups in total. The van der Waals surface area contributed by atoms with E-state index in [2.05, 4.69) is 20.7 Å². The molecule has 4 rings (SSSR count). The Labute approximate surface area is 192 Å². The predicted molar refractivity (Wildman–Crippen MR) is 124 cm³/mol. The molecule has 1 atom stereocenters. The first kappa shape index (κ1) is 22.5. The van der Waals surface area contributed by atoms with Gasteiger partial charge in [-0.3, -0.25) is 9.78 Å². The zero-order chi connectivity index (χ0) is 23.4. The molecule has 0 bridgehead atoms. The van der Waals surface area contributed by atoms with Gasteiger partial charge in [0.2, 0.25) is 5.91 Å². The number of nitrogens with one attached hydrogen (secondary N) is 2. The first-order chi connectivity index (χ1) is 15.8. The third kappa shape index (κ3) is 5.76. The van der Waals surface area contributed by atoms with Crippen LogP contribution in [0, 0.1) is 0 Å². The van der Waals surface area contributed by atoms with Crippen LogP contribution in [0.2, 0.25) is 0 Å². The van der Waals surface area contributed by atoms with Crippen LogP contribution in [0.1, 0.15) is 33.6 Å². The summed E-state index contributed by atoms with van der Waals surface area (Å²) in [4.78, 5) is 35.2. The minimum absolute atomic E-state index is 0.0395. The second kappa shape index (κ2) is 9.43. The number of carbonyl (C=O) groups excluding carboxylic acids is 2. The molecule has 174 valence electrons. The zero-order valence-electron chi connectivity index (χ0n) is 19.1. The Morgan fingerprint density at radius 1 is 1.21 bits per heavy atom. The molecule has 0 aromatic carbocycles. The molecule has 3 aromatic rings. The number of likely N-dealkylation sites (tertiary alicyclic amines) is 1. The van der Waals surface area contributed by atoms with Gasteiger partial charge in [0.15, 0.2) is 0 Å². The number of hydrogen-bond donors (Lipinski definition) is 2. The summed E-state index contributed by atoms with van der Waals surface area (Å²) in [5.74, 6) is 0.507. The van der Waals surface area contributed by atoms with Crippen molar-refractivity contribution >= 4 is 23.3 Å². The number of hydrogen-bond acceptors (Lipinski definition) is 7. The van der Waals surface area contributed by atoms with Crippen molar-refractivity contribution < 1.29 is 14.3 Å². The van der Waals surface area contributed by atoms with Gasteiger partial charge in [-0.05, 0) is 45.7 Å². The monoisotopic (exact) mass is 451 g/mol. The van der Waals surface area contributed by atoms with E-state index in [0.717, 1.165) is 29.6 Å². The normalized spacial score (nSPS) is 16.5. The highest BCUT2D eigenvalue weighted by Crippen LogP contribution is 2.23. The summed E-state index contributed by atoms with van der Waals surface area (Å²) in [6.07, 6.45) is 8.24. The molecule has 1 aliphatic rings. The molecule has 0 saturated carbocycles. The van der Waals surface area contributed by atoms with E-state index in [1.54, 1.807) is 48.8 Å². The maximum atomic E-state index is 12.6. The molecule has 2 amide bonds. The Morgan fingerprint density at radius 3 is 2.88 bits per heavy atom. The summed E-state index contributed by atoms with van der Waals surface area (Å²) in [5, 5.41) is 10.3. The number of carbonyl (C=O) groups is 2. The van der Waals surface area contributed by atoms with Crippen molar-refractivity contribution in [2.24, 2.45) is 0 Å². The average Bonchev–Trinajstić information content (AvgIpc) is 3.21. The SMILES string of the molecule is CC(C)(C)OC(=O)NCC(=O)N1CCC[C@@H](Nc2cncc(-c3cnn4ccccc34)n2)C1. The van der Waals surface area contributed by atoms with Gasteiger partial charge in [-0.2, -0.15) is 5.10 Å². The summed E-state index contributed by atoms with van der Waals surface area (Å²) in [6, 6.07) is 5.91. The van der Waals surface area contributed by atoms with Crippen molar-refractivity contribution in [3.8, 4) is 11.3 Å². The Kier molecular flexibility index (Phi) is 6.43. The summed E-state index contributed by atoms with van der Waals surface area (Å²) in [6.45, 7) is 6.43. The molecule has 1 saturated heterocycles. The average molecular weight is 452 g/mol. The first-order valence-electron chi connectivity index (χ1n) is 11.0. The molecule has 10 heteroatoms.